The summed E-state index contributed by atoms with van der Waals surface area (Å²) in [7, 11) is 0. The van der Waals surface area contributed by atoms with Gasteiger partial charge in [0, 0.05) is 5.75 Å². The summed E-state index contributed by atoms with van der Waals surface area (Å²) in [5.74, 6) is 1.14. The molecule has 2 rings (SSSR count). The number of rotatable bonds is 1. The molecule has 0 radical (unpaired) electrons. The standard InChI is InChI=1S/C7H8ClNOS/c8-7(10)6-3-1-2-5-4-11-9(5)6/h3,5H,1-2,4H2. The molecule has 1 fully saturated rings. The smallest absolute Gasteiger partial charge is 0.269 e. The van der Waals surface area contributed by atoms with Gasteiger partial charge < -0.3 is 4.31 Å². The highest BCUT2D eigenvalue weighted by Gasteiger charge is 2.35. The van der Waals surface area contributed by atoms with Crippen molar-refractivity contribution in [3.8, 4) is 0 Å². The number of fused-ring (bicyclic) bond motifs is 1. The third kappa shape index (κ3) is 1.16. The van der Waals surface area contributed by atoms with E-state index in [9.17, 15) is 4.79 Å². The fourth-order valence-electron chi connectivity index (χ4n) is 1.39. The average molecular weight is 190 g/mol. The molecule has 11 heavy (non-hydrogen) atoms. The Morgan fingerprint density at radius 1 is 1.82 bits per heavy atom. The molecule has 2 heterocycles. The first-order valence-corrected chi connectivity index (χ1v) is 4.93. The van der Waals surface area contributed by atoms with Crippen molar-refractivity contribution >= 4 is 28.8 Å². The van der Waals surface area contributed by atoms with Crippen LogP contribution in [0, 0.1) is 0 Å². The van der Waals surface area contributed by atoms with Gasteiger partial charge in [-0.1, -0.05) is 6.08 Å². The van der Waals surface area contributed by atoms with Crippen LogP contribution in [0.15, 0.2) is 11.8 Å². The Morgan fingerprint density at radius 2 is 2.64 bits per heavy atom. The Balaban J connectivity index is 2.18. The molecular weight excluding hydrogens is 182 g/mol. The molecule has 0 aromatic carbocycles. The zero-order valence-electron chi connectivity index (χ0n) is 5.92. The van der Waals surface area contributed by atoms with E-state index in [4.69, 9.17) is 11.6 Å². The molecule has 2 nitrogen and oxygen atoms in total. The van der Waals surface area contributed by atoms with Crippen LogP contribution in [0.3, 0.4) is 0 Å². The van der Waals surface area contributed by atoms with Gasteiger partial charge in [0.2, 0.25) is 0 Å². The summed E-state index contributed by atoms with van der Waals surface area (Å²) < 4.78 is 2.03. The monoisotopic (exact) mass is 189 g/mol. The molecule has 0 aliphatic carbocycles. The number of halogens is 1. The van der Waals surface area contributed by atoms with Gasteiger partial charge in [0.1, 0.15) is 5.70 Å². The van der Waals surface area contributed by atoms with Crippen molar-refractivity contribution in [2.45, 2.75) is 18.9 Å². The minimum Gasteiger partial charge on any atom is -0.308 e. The normalized spacial score (nSPS) is 28.6. The highest BCUT2D eigenvalue weighted by Crippen LogP contribution is 2.39. The van der Waals surface area contributed by atoms with Crippen LogP contribution in [-0.2, 0) is 4.79 Å². The third-order valence-electron chi connectivity index (χ3n) is 2.01. The quantitative estimate of drug-likeness (QED) is 0.463. The fraction of sp³-hybridized carbons (Fsp3) is 0.571. The molecule has 1 saturated heterocycles. The maximum atomic E-state index is 10.8. The van der Waals surface area contributed by atoms with Crippen molar-refractivity contribution in [1.82, 2.24) is 4.31 Å². The second-order valence-electron chi connectivity index (χ2n) is 2.72. The maximum absolute atomic E-state index is 10.8. The highest BCUT2D eigenvalue weighted by molar-refractivity contribution is 7.98. The van der Waals surface area contributed by atoms with Gasteiger partial charge in [0.15, 0.2) is 0 Å². The van der Waals surface area contributed by atoms with Gasteiger partial charge in [-0.05, 0) is 36.4 Å². The van der Waals surface area contributed by atoms with Crippen LogP contribution in [0.2, 0.25) is 0 Å². The van der Waals surface area contributed by atoms with E-state index in [1.54, 1.807) is 11.9 Å². The van der Waals surface area contributed by atoms with Crippen LogP contribution in [-0.4, -0.2) is 21.3 Å². The zero-order valence-corrected chi connectivity index (χ0v) is 7.49. The molecular formula is C7H8ClNOS. The van der Waals surface area contributed by atoms with Gasteiger partial charge in [-0.15, -0.1) is 0 Å². The second kappa shape index (κ2) is 2.72. The van der Waals surface area contributed by atoms with E-state index in [0.717, 1.165) is 12.2 Å². The van der Waals surface area contributed by atoms with Crippen LogP contribution in [0.4, 0.5) is 0 Å². The van der Waals surface area contributed by atoms with Crippen LogP contribution >= 0.6 is 23.5 Å². The third-order valence-corrected chi connectivity index (χ3v) is 3.51. The van der Waals surface area contributed by atoms with E-state index in [-0.39, 0.29) is 5.24 Å². The van der Waals surface area contributed by atoms with Crippen LogP contribution in [0.1, 0.15) is 12.8 Å². The lowest BCUT2D eigenvalue weighted by Crippen LogP contribution is -2.44. The van der Waals surface area contributed by atoms with Crippen molar-refractivity contribution in [2.75, 3.05) is 5.75 Å². The number of hydrogen-bond donors (Lipinski definition) is 0. The largest absolute Gasteiger partial charge is 0.308 e. The van der Waals surface area contributed by atoms with Crippen molar-refractivity contribution < 1.29 is 4.79 Å². The molecule has 0 amide bonds. The molecule has 1 unspecified atom stereocenters. The van der Waals surface area contributed by atoms with Crippen molar-refractivity contribution in [3.05, 3.63) is 11.8 Å². The topological polar surface area (TPSA) is 20.3 Å². The first-order chi connectivity index (χ1) is 5.29. The van der Waals surface area contributed by atoms with Gasteiger partial charge in [0.05, 0.1) is 6.04 Å². The van der Waals surface area contributed by atoms with E-state index < -0.39 is 0 Å². The number of hydrogen-bond acceptors (Lipinski definition) is 3. The summed E-state index contributed by atoms with van der Waals surface area (Å²) in [5.41, 5.74) is 0.694. The van der Waals surface area contributed by atoms with Gasteiger partial charge in [-0.2, -0.15) is 0 Å². The summed E-state index contributed by atoms with van der Waals surface area (Å²) in [4.78, 5) is 10.8. The summed E-state index contributed by atoms with van der Waals surface area (Å²) in [6.45, 7) is 0. The van der Waals surface area contributed by atoms with Crippen molar-refractivity contribution in [1.29, 1.82) is 0 Å². The number of nitrogens with zero attached hydrogens (tertiary/aromatic N) is 1. The molecule has 60 valence electrons. The molecule has 0 spiro atoms. The Bertz CT molecular complexity index is 228. The Kier molecular flexibility index (Phi) is 1.85. The van der Waals surface area contributed by atoms with Gasteiger partial charge >= 0.3 is 0 Å². The summed E-state index contributed by atoms with van der Waals surface area (Å²) in [5, 5.41) is -0.318. The minimum absolute atomic E-state index is 0.318. The first-order valence-electron chi connectivity index (χ1n) is 3.61. The lowest BCUT2D eigenvalue weighted by molar-refractivity contribution is -0.109. The van der Waals surface area contributed by atoms with Crippen LogP contribution < -0.4 is 0 Å². The lowest BCUT2D eigenvalue weighted by atomic mass is 10.1. The van der Waals surface area contributed by atoms with E-state index in [0.29, 0.717) is 11.7 Å². The van der Waals surface area contributed by atoms with Crippen LogP contribution in [0.5, 0.6) is 0 Å². The van der Waals surface area contributed by atoms with E-state index in [1.165, 1.54) is 6.42 Å². The number of carbonyl (C=O) groups excluding carboxylic acids is 1. The molecule has 0 N–H and O–H groups in total. The van der Waals surface area contributed by atoms with Crippen molar-refractivity contribution in [2.24, 2.45) is 0 Å². The number of allylic oxidation sites excluding steroid dienone is 2. The first kappa shape index (κ1) is 7.50. The van der Waals surface area contributed by atoms with Gasteiger partial charge in [-0.25, -0.2) is 0 Å². The predicted molar refractivity (Wildman–Crippen MR) is 46.3 cm³/mol. The Hall–Kier alpha value is -0.150. The molecule has 0 bridgehead atoms. The van der Waals surface area contributed by atoms with Crippen molar-refractivity contribution in [3.63, 3.8) is 0 Å². The van der Waals surface area contributed by atoms with E-state index >= 15 is 0 Å². The molecule has 0 saturated carbocycles. The second-order valence-corrected chi connectivity index (χ2v) is 4.04. The molecule has 0 aromatic rings. The predicted octanol–water partition coefficient (Wildman–Crippen LogP) is 1.76. The average Bonchev–Trinajstić information content (AvgIpc) is 1.90. The van der Waals surface area contributed by atoms with E-state index in [1.807, 2.05) is 10.4 Å². The summed E-state index contributed by atoms with van der Waals surface area (Å²) in [6.07, 6.45) is 4.09. The van der Waals surface area contributed by atoms with Gasteiger partial charge in [0.25, 0.3) is 5.24 Å². The molecule has 2 aliphatic heterocycles. The Labute approximate surface area is 74.7 Å². The molecule has 1 atom stereocenters. The minimum atomic E-state index is -0.318. The number of carbonyl (C=O) groups is 1. The summed E-state index contributed by atoms with van der Waals surface area (Å²) >= 11 is 7.07. The Morgan fingerprint density at radius 3 is 3.09 bits per heavy atom. The molecule has 0 aromatic heterocycles. The maximum Gasteiger partial charge on any atom is 0.269 e. The molecule has 2 aliphatic rings. The lowest BCUT2D eigenvalue weighted by Gasteiger charge is -2.43. The molecule has 4 heteroatoms. The zero-order chi connectivity index (χ0) is 7.84. The fourth-order valence-corrected chi connectivity index (χ4v) is 2.69. The highest BCUT2D eigenvalue weighted by atomic mass is 35.5. The van der Waals surface area contributed by atoms with Crippen LogP contribution in [0.25, 0.3) is 0 Å². The summed E-state index contributed by atoms with van der Waals surface area (Å²) in [6, 6.07) is 0.572. The SMILES string of the molecule is O=C(Cl)C1=CCCC2CSN12. The van der Waals surface area contributed by atoms with Gasteiger partial charge in [-0.3, -0.25) is 4.79 Å². The van der Waals surface area contributed by atoms with E-state index in [2.05, 4.69) is 0 Å².